The summed E-state index contributed by atoms with van der Waals surface area (Å²) in [5, 5.41) is 13.8. The number of hydrogen-bond acceptors (Lipinski definition) is 5. The lowest BCUT2D eigenvalue weighted by Crippen LogP contribution is -2.46. The van der Waals surface area contributed by atoms with Crippen LogP contribution < -0.4 is 5.32 Å². The number of carbonyl (C=O) groups excluding carboxylic acids is 1. The summed E-state index contributed by atoms with van der Waals surface area (Å²) in [6, 6.07) is 8.05. The number of anilines is 1. The molecule has 1 saturated heterocycles. The van der Waals surface area contributed by atoms with Gasteiger partial charge in [-0.05, 0) is 43.5 Å². The van der Waals surface area contributed by atoms with E-state index in [1.807, 2.05) is 0 Å². The van der Waals surface area contributed by atoms with Crippen molar-refractivity contribution in [3.63, 3.8) is 0 Å². The molecule has 0 bridgehead atoms. The third-order valence-electron chi connectivity index (χ3n) is 7.14. The zero-order chi connectivity index (χ0) is 26.9. The lowest BCUT2D eigenvalue weighted by atomic mass is 9.80. The first-order chi connectivity index (χ1) is 17.6. The van der Waals surface area contributed by atoms with Crippen LogP contribution in [-0.2, 0) is 15.1 Å². The number of rotatable bonds is 7. The third kappa shape index (κ3) is 4.98. The molecule has 1 aromatic heterocycles. The Morgan fingerprint density at radius 1 is 1.16 bits per heavy atom. The Morgan fingerprint density at radius 3 is 2.43 bits per heavy atom. The summed E-state index contributed by atoms with van der Waals surface area (Å²) >= 11 is 0. The first-order valence-electron chi connectivity index (χ1n) is 11.9. The van der Waals surface area contributed by atoms with Gasteiger partial charge in [0.15, 0.2) is 0 Å². The number of halogens is 3. The quantitative estimate of drug-likeness (QED) is 0.422. The smallest absolute Gasteiger partial charge is 0.336 e. The number of carboxylic acids is 1. The van der Waals surface area contributed by atoms with Crippen molar-refractivity contribution in [2.24, 2.45) is 0 Å². The summed E-state index contributed by atoms with van der Waals surface area (Å²) < 4.78 is 47.1. The number of amides is 1. The average molecular weight is 516 g/mol. The molecule has 0 radical (unpaired) electrons. The number of pyridine rings is 1. The van der Waals surface area contributed by atoms with E-state index in [0.29, 0.717) is 48.1 Å². The molecule has 2 N–H and O–H groups in total. The highest BCUT2D eigenvalue weighted by Gasteiger charge is 2.40. The van der Waals surface area contributed by atoms with Gasteiger partial charge >= 0.3 is 5.97 Å². The number of carboxylic acid groups (broad SMARTS) is 1. The molecule has 1 aliphatic heterocycles. The summed E-state index contributed by atoms with van der Waals surface area (Å²) in [4.78, 5) is 30.1. The summed E-state index contributed by atoms with van der Waals surface area (Å²) in [5.74, 6) is -2.17. The first kappa shape index (κ1) is 26.4. The van der Waals surface area contributed by atoms with E-state index >= 15 is 0 Å². The van der Waals surface area contributed by atoms with E-state index in [2.05, 4.69) is 10.3 Å². The largest absolute Gasteiger partial charge is 0.478 e. The Labute approximate surface area is 212 Å². The van der Waals surface area contributed by atoms with E-state index in [9.17, 15) is 27.9 Å². The zero-order valence-electron chi connectivity index (χ0n) is 20.7. The Bertz CT molecular complexity index is 1340. The number of fused-ring (bicyclic) bond motifs is 1. The topological polar surface area (TPSA) is 91.8 Å². The molecule has 196 valence electrons. The van der Waals surface area contributed by atoms with Gasteiger partial charge in [0.2, 0.25) is 5.91 Å². The van der Waals surface area contributed by atoms with Gasteiger partial charge in [-0.3, -0.25) is 9.78 Å². The molecule has 3 aromatic rings. The van der Waals surface area contributed by atoms with Crippen LogP contribution in [0.4, 0.5) is 18.9 Å². The third-order valence-corrected chi connectivity index (χ3v) is 7.14. The van der Waals surface area contributed by atoms with Crippen LogP contribution in [0, 0.1) is 5.82 Å². The van der Waals surface area contributed by atoms with E-state index in [0.717, 1.165) is 6.07 Å². The molecule has 0 saturated carbocycles. The number of methoxy groups -OCH3 is 1. The van der Waals surface area contributed by atoms with Gasteiger partial charge in [0.1, 0.15) is 5.82 Å². The second-order valence-corrected chi connectivity index (χ2v) is 9.20. The highest BCUT2D eigenvalue weighted by Crippen LogP contribution is 2.41. The maximum absolute atomic E-state index is 14.8. The van der Waals surface area contributed by atoms with Crippen LogP contribution in [0.1, 0.15) is 66.2 Å². The maximum atomic E-state index is 14.8. The summed E-state index contributed by atoms with van der Waals surface area (Å²) in [5.41, 5.74) is -0.109. The SMILES string of the molecule is COC1(c2cc3c(NC(C)c4cccc(C(F)F)c4F)ccnc3cc2C(=O)O)CCN(C(C)=O)CC1. The molecule has 0 spiro atoms. The van der Waals surface area contributed by atoms with Gasteiger partial charge in [0.05, 0.1) is 28.3 Å². The van der Waals surface area contributed by atoms with Crippen LogP contribution >= 0.6 is 0 Å². The highest BCUT2D eigenvalue weighted by atomic mass is 19.3. The maximum Gasteiger partial charge on any atom is 0.336 e. The van der Waals surface area contributed by atoms with E-state index < -0.39 is 35.4 Å². The molecule has 2 heterocycles. The second-order valence-electron chi connectivity index (χ2n) is 9.20. The van der Waals surface area contributed by atoms with E-state index in [1.54, 1.807) is 24.0 Å². The van der Waals surface area contributed by atoms with Gasteiger partial charge in [-0.25, -0.2) is 18.0 Å². The number of carbonyl (C=O) groups is 2. The van der Waals surface area contributed by atoms with Crippen LogP contribution in [-0.4, -0.2) is 47.1 Å². The molecular formula is C27H28F3N3O4. The van der Waals surface area contributed by atoms with E-state index in [4.69, 9.17) is 4.74 Å². The fourth-order valence-electron chi connectivity index (χ4n) is 5.02. The first-order valence-corrected chi connectivity index (χ1v) is 11.9. The summed E-state index contributed by atoms with van der Waals surface area (Å²) in [6.07, 6.45) is -0.642. The molecule has 37 heavy (non-hydrogen) atoms. The predicted molar refractivity (Wildman–Crippen MR) is 132 cm³/mol. The fraction of sp³-hybridized carbons (Fsp3) is 0.370. The number of aromatic carboxylic acids is 1. The van der Waals surface area contributed by atoms with Crippen LogP contribution in [0.25, 0.3) is 10.9 Å². The lowest BCUT2D eigenvalue weighted by molar-refractivity contribution is -0.135. The number of likely N-dealkylation sites (tertiary alicyclic amines) is 1. The number of nitrogens with one attached hydrogen (secondary N) is 1. The number of piperidine rings is 1. The van der Waals surface area contributed by atoms with Crippen LogP contribution in [0.2, 0.25) is 0 Å². The van der Waals surface area contributed by atoms with Gasteiger partial charge in [-0.2, -0.15) is 0 Å². The predicted octanol–water partition coefficient (Wildman–Crippen LogP) is 5.67. The molecule has 1 amide bonds. The monoisotopic (exact) mass is 515 g/mol. The molecule has 1 fully saturated rings. The van der Waals surface area contributed by atoms with Crippen molar-refractivity contribution in [2.45, 2.75) is 44.8 Å². The zero-order valence-corrected chi connectivity index (χ0v) is 20.7. The van der Waals surface area contributed by atoms with Crippen molar-refractivity contribution < 1.29 is 32.6 Å². The van der Waals surface area contributed by atoms with Gasteiger partial charge in [-0.15, -0.1) is 0 Å². The molecule has 2 aromatic carbocycles. The lowest BCUT2D eigenvalue weighted by Gasteiger charge is -2.41. The minimum Gasteiger partial charge on any atom is -0.478 e. The number of hydrogen-bond donors (Lipinski definition) is 2. The van der Waals surface area contributed by atoms with Crippen LogP contribution in [0.15, 0.2) is 42.6 Å². The molecule has 4 rings (SSSR count). The number of aromatic nitrogens is 1. The minimum atomic E-state index is -2.94. The average Bonchev–Trinajstić information content (AvgIpc) is 2.88. The van der Waals surface area contributed by atoms with Crippen molar-refractivity contribution in [1.82, 2.24) is 9.88 Å². The highest BCUT2D eigenvalue weighted by molar-refractivity contribution is 5.99. The van der Waals surface area contributed by atoms with Crippen molar-refractivity contribution in [3.05, 3.63) is 70.7 Å². The van der Waals surface area contributed by atoms with Crippen LogP contribution in [0.3, 0.4) is 0 Å². The van der Waals surface area contributed by atoms with Crippen molar-refractivity contribution in [1.29, 1.82) is 0 Å². The van der Waals surface area contributed by atoms with Gasteiger partial charge in [0, 0.05) is 50.0 Å². The Balaban J connectivity index is 1.78. The molecule has 1 unspecified atom stereocenters. The second kappa shape index (κ2) is 10.4. The molecule has 7 nitrogen and oxygen atoms in total. The fourth-order valence-corrected chi connectivity index (χ4v) is 5.02. The number of ether oxygens (including phenoxy) is 1. The normalized spacial score (nSPS) is 16.1. The molecule has 0 aliphatic carbocycles. The Hall–Kier alpha value is -3.66. The van der Waals surface area contributed by atoms with Crippen LogP contribution in [0.5, 0.6) is 0 Å². The number of benzene rings is 2. The molecule has 1 atom stereocenters. The molecule has 10 heteroatoms. The van der Waals surface area contributed by atoms with Gasteiger partial charge in [-0.1, -0.05) is 18.2 Å². The van der Waals surface area contributed by atoms with E-state index in [-0.39, 0.29) is 17.0 Å². The Kier molecular flexibility index (Phi) is 7.40. The van der Waals surface area contributed by atoms with Crippen molar-refractivity contribution >= 4 is 28.5 Å². The van der Waals surface area contributed by atoms with E-state index in [1.165, 1.54) is 38.4 Å². The standard InChI is InChI=1S/C27H28F3N3O4/c1-15(17-5-4-6-18(24(17)28)25(29)30)32-22-7-10-31-23-14-19(26(35)36)21(13-20(22)23)27(37-3)8-11-33(12-9-27)16(2)34/h4-7,10,13-15,25H,8-9,11-12H2,1-3H3,(H,31,32)(H,35,36). The minimum absolute atomic E-state index is 0.0407. The summed E-state index contributed by atoms with van der Waals surface area (Å²) in [6.45, 7) is 3.97. The summed E-state index contributed by atoms with van der Waals surface area (Å²) in [7, 11) is 1.52. The number of alkyl halides is 2. The van der Waals surface area contributed by atoms with Crippen molar-refractivity contribution in [3.8, 4) is 0 Å². The van der Waals surface area contributed by atoms with Gasteiger partial charge in [0.25, 0.3) is 6.43 Å². The van der Waals surface area contributed by atoms with Gasteiger partial charge < -0.3 is 20.1 Å². The molecule has 1 aliphatic rings. The molecular weight excluding hydrogens is 487 g/mol. The Morgan fingerprint density at radius 2 is 1.84 bits per heavy atom. The van der Waals surface area contributed by atoms with Crippen molar-refractivity contribution in [2.75, 3.05) is 25.5 Å². The number of nitrogens with zero attached hydrogens (tertiary/aromatic N) is 2.